The van der Waals surface area contributed by atoms with E-state index in [0.29, 0.717) is 5.82 Å². The van der Waals surface area contributed by atoms with Crippen LogP contribution in [0.4, 0.5) is 10.6 Å². The molecule has 92 valence electrons. The SMILES string of the molecule is O=C(Nc1ccc(I)nn1)OCc1ccccc1. The van der Waals surface area contributed by atoms with Crippen molar-refractivity contribution in [3.05, 3.63) is 51.7 Å². The van der Waals surface area contributed by atoms with Gasteiger partial charge in [-0.25, -0.2) is 4.79 Å². The number of aromatic nitrogens is 2. The van der Waals surface area contributed by atoms with Gasteiger partial charge in [-0.05, 0) is 40.3 Å². The van der Waals surface area contributed by atoms with Crippen LogP contribution in [-0.2, 0) is 11.3 Å². The first-order valence-corrected chi connectivity index (χ1v) is 6.29. The van der Waals surface area contributed by atoms with Crippen LogP contribution in [0.25, 0.3) is 0 Å². The summed E-state index contributed by atoms with van der Waals surface area (Å²) in [6.45, 7) is 0.227. The molecule has 2 aromatic rings. The van der Waals surface area contributed by atoms with Crippen molar-refractivity contribution in [1.29, 1.82) is 0 Å². The number of hydrogen-bond acceptors (Lipinski definition) is 4. The Morgan fingerprint density at radius 3 is 2.61 bits per heavy atom. The van der Waals surface area contributed by atoms with Crippen molar-refractivity contribution >= 4 is 34.5 Å². The Labute approximate surface area is 118 Å². The van der Waals surface area contributed by atoms with Gasteiger partial charge in [-0.1, -0.05) is 30.3 Å². The molecular formula is C12H10IN3O2. The molecule has 1 amide bonds. The first-order chi connectivity index (χ1) is 8.74. The summed E-state index contributed by atoms with van der Waals surface area (Å²) >= 11 is 2.04. The summed E-state index contributed by atoms with van der Waals surface area (Å²) in [5.41, 5.74) is 0.932. The van der Waals surface area contributed by atoms with Crippen molar-refractivity contribution < 1.29 is 9.53 Å². The molecule has 0 bridgehead atoms. The Morgan fingerprint density at radius 1 is 1.17 bits per heavy atom. The first-order valence-electron chi connectivity index (χ1n) is 5.21. The van der Waals surface area contributed by atoms with Crippen LogP contribution < -0.4 is 5.32 Å². The predicted octanol–water partition coefficient (Wildman–Crippen LogP) is 2.83. The Bertz CT molecular complexity index is 517. The van der Waals surface area contributed by atoms with Gasteiger partial charge in [0.25, 0.3) is 0 Å². The van der Waals surface area contributed by atoms with Crippen LogP contribution in [0.5, 0.6) is 0 Å². The smallest absolute Gasteiger partial charge is 0.413 e. The molecule has 0 fully saturated rings. The maximum atomic E-state index is 11.5. The third-order valence-electron chi connectivity index (χ3n) is 2.07. The summed E-state index contributed by atoms with van der Waals surface area (Å²) in [5.74, 6) is 0.369. The highest BCUT2D eigenvalue weighted by Crippen LogP contribution is 2.05. The third-order valence-corrected chi connectivity index (χ3v) is 2.65. The minimum atomic E-state index is -0.547. The second-order valence-electron chi connectivity index (χ2n) is 3.43. The number of benzene rings is 1. The number of nitrogens with one attached hydrogen (secondary N) is 1. The van der Waals surface area contributed by atoms with Crippen LogP contribution in [-0.4, -0.2) is 16.3 Å². The van der Waals surface area contributed by atoms with E-state index in [2.05, 4.69) is 15.5 Å². The van der Waals surface area contributed by atoms with E-state index in [1.165, 1.54) is 0 Å². The fourth-order valence-electron chi connectivity index (χ4n) is 1.25. The van der Waals surface area contributed by atoms with Gasteiger partial charge in [0, 0.05) is 0 Å². The van der Waals surface area contributed by atoms with Gasteiger partial charge >= 0.3 is 6.09 Å². The number of rotatable bonds is 3. The van der Waals surface area contributed by atoms with E-state index < -0.39 is 6.09 Å². The number of halogens is 1. The average Bonchev–Trinajstić information content (AvgIpc) is 2.40. The van der Waals surface area contributed by atoms with E-state index in [9.17, 15) is 4.79 Å². The van der Waals surface area contributed by atoms with Crippen LogP contribution >= 0.6 is 22.6 Å². The lowest BCUT2D eigenvalue weighted by atomic mass is 10.2. The van der Waals surface area contributed by atoms with Crippen molar-refractivity contribution in [2.24, 2.45) is 0 Å². The Kier molecular flexibility index (Phi) is 4.46. The third kappa shape index (κ3) is 3.95. The molecule has 2 rings (SSSR count). The van der Waals surface area contributed by atoms with Gasteiger partial charge in [-0.3, -0.25) is 5.32 Å². The van der Waals surface area contributed by atoms with E-state index >= 15 is 0 Å². The predicted molar refractivity (Wildman–Crippen MR) is 75.0 cm³/mol. The number of amides is 1. The molecule has 1 heterocycles. The van der Waals surface area contributed by atoms with E-state index in [-0.39, 0.29) is 6.61 Å². The average molecular weight is 355 g/mol. The lowest BCUT2D eigenvalue weighted by molar-refractivity contribution is 0.155. The number of nitrogens with zero attached hydrogens (tertiary/aromatic N) is 2. The maximum Gasteiger partial charge on any atom is 0.413 e. The zero-order chi connectivity index (χ0) is 12.8. The number of carbonyl (C=O) groups excluding carboxylic acids is 1. The summed E-state index contributed by atoms with van der Waals surface area (Å²) in [7, 11) is 0. The highest BCUT2D eigenvalue weighted by Gasteiger charge is 2.04. The zero-order valence-corrected chi connectivity index (χ0v) is 11.5. The van der Waals surface area contributed by atoms with Gasteiger partial charge < -0.3 is 4.74 Å². The topological polar surface area (TPSA) is 64.1 Å². The van der Waals surface area contributed by atoms with Crippen LogP contribution in [0.3, 0.4) is 0 Å². The fourth-order valence-corrected chi connectivity index (χ4v) is 1.53. The van der Waals surface area contributed by atoms with Gasteiger partial charge in [0.1, 0.15) is 10.3 Å². The normalized spacial score (nSPS) is 9.83. The second kappa shape index (κ2) is 6.29. The van der Waals surface area contributed by atoms with E-state index in [1.54, 1.807) is 12.1 Å². The lowest BCUT2D eigenvalue weighted by Gasteiger charge is -2.05. The highest BCUT2D eigenvalue weighted by molar-refractivity contribution is 14.1. The van der Waals surface area contributed by atoms with Crippen LogP contribution in [0.1, 0.15) is 5.56 Å². The maximum absolute atomic E-state index is 11.5. The molecule has 1 aromatic carbocycles. The molecule has 18 heavy (non-hydrogen) atoms. The number of ether oxygens (including phenoxy) is 1. The standard InChI is InChI=1S/C12H10IN3O2/c13-10-6-7-11(16-15-10)14-12(17)18-8-9-4-2-1-3-5-9/h1-7H,8H2,(H,14,16,17). The Hall–Kier alpha value is -1.70. The molecule has 0 saturated heterocycles. The molecule has 6 heteroatoms. The molecule has 0 aliphatic heterocycles. The van der Waals surface area contributed by atoms with Crippen LogP contribution in [0, 0.1) is 3.70 Å². The number of anilines is 1. The van der Waals surface area contributed by atoms with Crippen molar-refractivity contribution in [2.45, 2.75) is 6.61 Å². The second-order valence-corrected chi connectivity index (χ2v) is 4.53. The number of carbonyl (C=O) groups is 1. The molecular weight excluding hydrogens is 345 g/mol. The first kappa shape index (κ1) is 12.7. The summed E-state index contributed by atoms with van der Waals surface area (Å²) < 4.78 is 5.80. The van der Waals surface area contributed by atoms with Crippen LogP contribution in [0.15, 0.2) is 42.5 Å². The Balaban J connectivity index is 1.84. The fraction of sp³-hybridized carbons (Fsp3) is 0.0833. The molecule has 0 saturated carbocycles. The van der Waals surface area contributed by atoms with Crippen molar-refractivity contribution in [3.8, 4) is 0 Å². The minimum absolute atomic E-state index is 0.227. The summed E-state index contributed by atoms with van der Waals surface area (Å²) in [6.07, 6.45) is -0.547. The monoisotopic (exact) mass is 355 g/mol. The molecule has 0 radical (unpaired) electrons. The van der Waals surface area contributed by atoms with Gasteiger partial charge in [0.05, 0.1) is 0 Å². The van der Waals surface area contributed by atoms with Crippen molar-refractivity contribution in [3.63, 3.8) is 0 Å². The molecule has 0 aliphatic carbocycles. The molecule has 1 aromatic heterocycles. The summed E-state index contributed by atoms with van der Waals surface area (Å²) in [4.78, 5) is 11.5. The number of hydrogen-bond donors (Lipinski definition) is 1. The molecule has 0 spiro atoms. The van der Waals surface area contributed by atoms with Gasteiger partial charge in [0.15, 0.2) is 5.82 Å². The van der Waals surface area contributed by atoms with Gasteiger partial charge in [0.2, 0.25) is 0 Å². The molecule has 1 N–H and O–H groups in total. The van der Waals surface area contributed by atoms with Gasteiger partial charge in [-0.2, -0.15) is 0 Å². The van der Waals surface area contributed by atoms with E-state index in [0.717, 1.165) is 9.26 Å². The summed E-state index contributed by atoms with van der Waals surface area (Å²) in [5, 5.41) is 10.1. The highest BCUT2D eigenvalue weighted by atomic mass is 127. The van der Waals surface area contributed by atoms with E-state index in [4.69, 9.17) is 4.74 Å². The molecule has 0 atom stereocenters. The lowest BCUT2D eigenvalue weighted by Crippen LogP contribution is -2.14. The molecule has 0 aliphatic rings. The van der Waals surface area contributed by atoms with Crippen molar-refractivity contribution in [2.75, 3.05) is 5.32 Å². The minimum Gasteiger partial charge on any atom is -0.444 e. The van der Waals surface area contributed by atoms with Crippen molar-refractivity contribution in [1.82, 2.24) is 10.2 Å². The Morgan fingerprint density at radius 2 is 1.94 bits per heavy atom. The van der Waals surface area contributed by atoms with E-state index in [1.807, 2.05) is 52.9 Å². The summed E-state index contributed by atoms with van der Waals surface area (Å²) in [6, 6.07) is 12.9. The van der Waals surface area contributed by atoms with Crippen LogP contribution in [0.2, 0.25) is 0 Å². The van der Waals surface area contributed by atoms with Gasteiger partial charge in [-0.15, -0.1) is 10.2 Å². The largest absolute Gasteiger partial charge is 0.444 e. The molecule has 0 unspecified atom stereocenters. The zero-order valence-electron chi connectivity index (χ0n) is 9.34. The molecule has 5 nitrogen and oxygen atoms in total. The quantitative estimate of drug-likeness (QED) is 0.860.